The van der Waals surface area contributed by atoms with E-state index in [0.717, 1.165) is 11.1 Å². The summed E-state index contributed by atoms with van der Waals surface area (Å²) in [6.07, 6.45) is 1.43. The van der Waals surface area contributed by atoms with Crippen molar-refractivity contribution in [1.82, 2.24) is 10.9 Å². The van der Waals surface area contributed by atoms with Gasteiger partial charge in [-0.1, -0.05) is 60.7 Å². The fraction of sp³-hybridized carbons (Fsp3) is 0. The number of hydrazine groups is 1. The van der Waals surface area contributed by atoms with Crippen LogP contribution in [0.1, 0.15) is 11.1 Å². The Morgan fingerprint density at radius 2 is 1.52 bits per heavy atom. The van der Waals surface area contributed by atoms with Gasteiger partial charge in [0.2, 0.25) is 0 Å². The van der Waals surface area contributed by atoms with E-state index in [-0.39, 0.29) is 5.57 Å². The van der Waals surface area contributed by atoms with Crippen LogP contribution >= 0.6 is 0 Å². The summed E-state index contributed by atoms with van der Waals surface area (Å²) in [5.41, 5.74) is 7.71. The summed E-state index contributed by atoms with van der Waals surface area (Å²) in [4.78, 5) is 24.2. The van der Waals surface area contributed by atoms with E-state index < -0.39 is 11.9 Å². The number of benzene rings is 3. The zero-order valence-corrected chi connectivity index (χ0v) is 16.3. The molecule has 0 unspecified atom stereocenters. The maximum Gasteiger partial charge on any atom is 0.337 e. The molecule has 3 aromatic rings. The van der Waals surface area contributed by atoms with Crippen molar-refractivity contribution < 1.29 is 9.59 Å². The number of carbonyl (C=O) groups excluding carboxylic acids is 2. The Kier molecular flexibility index (Phi) is 6.76. The molecule has 0 saturated heterocycles. The smallest absolute Gasteiger partial charge is 0.307 e. The first kappa shape index (κ1) is 20.8. The molecular formula is C24H17N5O2. The molecule has 0 fully saturated rings. The molecule has 150 valence electrons. The van der Waals surface area contributed by atoms with Crippen LogP contribution in [0.2, 0.25) is 0 Å². The van der Waals surface area contributed by atoms with Gasteiger partial charge >= 0.3 is 6.03 Å². The molecule has 0 aliphatic carbocycles. The number of hydrogen-bond acceptors (Lipinski definition) is 4. The van der Waals surface area contributed by atoms with E-state index >= 15 is 0 Å². The number of nitrogens with one attached hydrogen (secondary N) is 3. The molecule has 0 aromatic heterocycles. The number of anilines is 1. The molecule has 0 aliphatic heterocycles. The zero-order chi connectivity index (χ0) is 22.1. The minimum atomic E-state index is -0.754. The highest BCUT2D eigenvalue weighted by Gasteiger charge is 2.11. The van der Waals surface area contributed by atoms with Crippen molar-refractivity contribution in [2.75, 3.05) is 5.32 Å². The molecule has 31 heavy (non-hydrogen) atoms. The van der Waals surface area contributed by atoms with Crippen molar-refractivity contribution >= 4 is 23.7 Å². The lowest BCUT2D eigenvalue weighted by molar-refractivity contribution is -0.117. The monoisotopic (exact) mass is 407 g/mol. The molecule has 0 atom stereocenters. The van der Waals surface area contributed by atoms with Gasteiger partial charge < -0.3 is 5.32 Å². The van der Waals surface area contributed by atoms with Gasteiger partial charge in [-0.15, -0.1) is 0 Å². The summed E-state index contributed by atoms with van der Waals surface area (Å²) in [7, 11) is 0. The molecule has 3 amide bonds. The first-order chi connectivity index (χ1) is 15.1. The van der Waals surface area contributed by atoms with Gasteiger partial charge in [0.25, 0.3) is 5.91 Å². The van der Waals surface area contributed by atoms with Gasteiger partial charge in [0, 0.05) is 5.69 Å². The van der Waals surface area contributed by atoms with Gasteiger partial charge in [-0.3, -0.25) is 10.2 Å². The molecule has 3 N–H and O–H groups in total. The molecule has 7 nitrogen and oxygen atoms in total. The average Bonchev–Trinajstić information content (AvgIpc) is 2.82. The predicted molar refractivity (Wildman–Crippen MR) is 117 cm³/mol. The highest BCUT2D eigenvalue weighted by Crippen LogP contribution is 2.20. The van der Waals surface area contributed by atoms with E-state index in [1.165, 1.54) is 12.1 Å². The quantitative estimate of drug-likeness (QED) is 0.344. The fourth-order valence-corrected chi connectivity index (χ4v) is 2.73. The second kappa shape index (κ2) is 10.1. The minimum Gasteiger partial charge on any atom is -0.307 e. The van der Waals surface area contributed by atoms with E-state index in [9.17, 15) is 14.9 Å². The summed E-state index contributed by atoms with van der Waals surface area (Å²) in [5.74, 6) is -0.754. The Morgan fingerprint density at radius 1 is 0.806 bits per heavy atom. The van der Waals surface area contributed by atoms with E-state index in [0.29, 0.717) is 16.8 Å². The van der Waals surface area contributed by atoms with Crippen LogP contribution in [0.25, 0.3) is 17.2 Å². The van der Waals surface area contributed by atoms with Crippen molar-refractivity contribution in [2.24, 2.45) is 0 Å². The molecule has 0 radical (unpaired) electrons. The maximum atomic E-state index is 12.2. The summed E-state index contributed by atoms with van der Waals surface area (Å²) in [6.45, 7) is 0. The second-order valence-corrected chi connectivity index (χ2v) is 6.38. The molecule has 0 aliphatic rings. The van der Waals surface area contributed by atoms with Crippen molar-refractivity contribution in [3.63, 3.8) is 0 Å². The van der Waals surface area contributed by atoms with Crippen LogP contribution in [0.3, 0.4) is 0 Å². The van der Waals surface area contributed by atoms with E-state index in [1.807, 2.05) is 54.6 Å². The minimum absolute atomic E-state index is 0.167. The summed E-state index contributed by atoms with van der Waals surface area (Å²) >= 11 is 0. The standard InChI is InChI=1S/C24H17N5O2/c25-15-18-5-4-8-22(14-18)27-24(31)29-28-23(30)21(16-26)13-17-9-11-20(12-10-17)19-6-2-1-3-7-19/h1-14H,(H,28,30)(H2,27,29,31). The lowest BCUT2D eigenvalue weighted by Crippen LogP contribution is -2.44. The first-order valence-corrected chi connectivity index (χ1v) is 9.24. The first-order valence-electron chi connectivity index (χ1n) is 9.24. The van der Waals surface area contributed by atoms with Crippen LogP contribution in [0.4, 0.5) is 10.5 Å². The van der Waals surface area contributed by atoms with Gasteiger partial charge in [0.1, 0.15) is 11.6 Å². The van der Waals surface area contributed by atoms with E-state index in [2.05, 4.69) is 16.2 Å². The molecule has 3 rings (SSSR count). The number of carbonyl (C=O) groups is 2. The Bertz CT molecular complexity index is 1200. The van der Waals surface area contributed by atoms with Gasteiger partial charge in [-0.05, 0) is 41.0 Å². The largest absolute Gasteiger partial charge is 0.337 e. The molecule has 0 spiro atoms. The van der Waals surface area contributed by atoms with Crippen molar-refractivity contribution in [2.45, 2.75) is 0 Å². The highest BCUT2D eigenvalue weighted by atomic mass is 16.2. The van der Waals surface area contributed by atoms with Crippen molar-refractivity contribution in [3.05, 3.63) is 95.6 Å². The SMILES string of the molecule is N#CC(=Cc1ccc(-c2ccccc2)cc1)C(=O)NNC(=O)Nc1cccc(C#N)c1. The van der Waals surface area contributed by atoms with Crippen molar-refractivity contribution in [1.29, 1.82) is 10.5 Å². The van der Waals surface area contributed by atoms with Crippen LogP contribution in [0, 0.1) is 22.7 Å². The topological polar surface area (TPSA) is 118 Å². The van der Waals surface area contributed by atoms with Crippen LogP contribution < -0.4 is 16.2 Å². The Morgan fingerprint density at radius 3 is 2.19 bits per heavy atom. The zero-order valence-electron chi connectivity index (χ0n) is 16.3. The molecule has 3 aromatic carbocycles. The lowest BCUT2D eigenvalue weighted by atomic mass is 10.0. The second-order valence-electron chi connectivity index (χ2n) is 6.38. The Hall–Kier alpha value is -4.88. The normalized spacial score (nSPS) is 10.3. The van der Waals surface area contributed by atoms with E-state index in [1.54, 1.807) is 30.3 Å². The van der Waals surface area contributed by atoms with Crippen LogP contribution in [0.15, 0.2) is 84.4 Å². The fourth-order valence-electron chi connectivity index (χ4n) is 2.73. The van der Waals surface area contributed by atoms with Gasteiger partial charge in [-0.2, -0.15) is 10.5 Å². The van der Waals surface area contributed by atoms with Gasteiger partial charge in [0.15, 0.2) is 0 Å². The summed E-state index contributed by atoms with van der Waals surface area (Å²) in [6, 6.07) is 26.6. The number of amides is 3. The highest BCUT2D eigenvalue weighted by molar-refractivity contribution is 6.03. The average molecular weight is 407 g/mol. The van der Waals surface area contributed by atoms with Crippen molar-refractivity contribution in [3.8, 4) is 23.3 Å². The third-order valence-electron chi connectivity index (χ3n) is 4.23. The maximum absolute atomic E-state index is 12.2. The Labute approximate surface area is 179 Å². The molecular weight excluding hydrogens is 390 g/mol. The molecule has 0 heterocycles. The molecule has 0 bridgehead atoms. The van der Waals surface area contributed by atoms with Crippen LogP contribution in [-0.4, -0.2) is 11.9 Å². The van der Waals surface area contributed by atoms with Crippen LogP contribution in [0.5, 0.6) is 0 Å². The lowest BCUT2D eigenvalue weighted by Gasteiger charge is -2.09. The summed E-state index contributed by atoms with van der Waals surface area (Å²) in [5, 5.41) is 20.7. The number of nitriles is 2. The third-order valence-corrected chi connectivity index (χ3v) is 4.23. The molecule has 0 saturated carbocycles. The predicted octanol–water partition coefficient (Wildman–Crippen LogP) is 3.99. The molecule has 7 heteroatoms. The van der Waals surface area contributed by atoms with E-state index in [4.69, 9.17) is 5.26 Å². The third kappa shape index (κ3) is 5.80. The number of urea groups is 1. The van der Waals surface area contributed by atoms with Gasteiger partial charge in [0.05, 0.1) is 11.6 Å². The van der Waals surface area contributed by atoms with Gasteiger partial charge in [-0.25, -0.2) is 10.2 Å². The number of nitrogens with zero attached hydrogens (tertiary/aromatic N) is 2. The van der Waals surface area contributed by atoms with Crippen LogP contribution in [-0.2, 0) is 4.79 Å². The Balaban J connectivity index is 1.60. The number of rotatable bonds is 4. The number of hydrogen-bond donors (Lipinski definition) is 3. The summed E-state index contributed by atoms with van der Waals surface area (Å²) < 4.78 is 0.